The average molecular weight is 415 g/mol. The van der Waals surface area contributed by atoms with Gasteiger partial charge in [-0.25, -0.2) is 0 Å². The first-order chi connectivity index (χ1) is 13.8. The molecule has 0 amide bonds. The Morgan fingerprint density at radius 1 is 0.867 bits per heavy atom. The molecule has 0 heterocycles. The number of fused-ring (bicyclic) bond motifs is 4. The Bertz CT molecular complexity index is 716. The predicted octanol–water partition coefficient (Wildman–Crippen LogP) is 8.17. The number of allylic oxidation sites excluding steroid dienone is 2. The maximum atomic E-state index is 10.1. The summed E-state index contributed by atoms with van der Waals surface area (Å²) in [6.07, 6.45) is 13.3. The van der Waals surface area contributed by atoms with E-state index in [1.165, 1.54) is 57.8 Å². The third kappa shape index (κ3) is 3.03. The Labute approximate surface area is 187 Å². The highest BCUT2D eigenvalue weighted by Crippen LogP contribution is 2.73. The molecule has 0 saturated heterocycles. The third-order valence-corrected chi connectivity index (χ3v) is 11.7. The number of hydrogen-bond acceptors (Lipinski definition) is 1. The fourth-order valence-corrected chi connectivity index (χ4v) is 9.60. The summed E-state index contributed by atoms with van der Waals surface area (Å²) in [7, 11) is 0. The molecular formula is C29H50O. The van der Waals surface area contributed by atoms with Crippen LogP contribution in [0, 0.1) is 44.8 Å². The fourth-order valence-electron chi connectivity index (χ4n) is 9.60. The van der Waals surface area contributed by atoms with Crippen LogP contribution in [0.5, 0.6) is 0 Å². The first-order valence-electron chi connectivity index (χ1n) is 13.2. The standard InChI is InChI=1S/C29H50O/c1-20(2)21-11-12-29(8)24(27(21,6)17-18-30)10-9-22-23-19-25(3,4)13-14-26(23,5)15-16-28(22,29)7/h20-21,24,30H,9-19H2,1-8H3. The Balaban J connectivity index is 1.81. The van der Waals surface area contributed by atoms with Crippen molar-refractivity contribution in [1.29, 1.82) is 0 Å². The van der Waals surface area contributed by atoms with E-state index in [2.05, 4.69) is 55.4 Å². The lowest BCUT2D eigenvalue weighted by atomic mass is 9.36. The van der Waals surface area contributed by atoms with Crippen molar-refractivity contribution in [1.82, 2.24) is 0 Å². The maximum Gasteiger partial charge on any atom is 0.0436 e. The normalized spacial score (nSPS) is 48.2. The van der Waals surface area contributed by atoms with Gasteiger partial charge < -0.3 is 5.11 Å². The first-order valence-corrected chi connectivity index (χ1v) is 13.2. The summed E-state index contributed by atoms with van der Waals surface area (Å²) >= 11 is 0. The van der Waals surface area contributed by atoms with Gasteiger partial charge in [0.15, 0.2) is 0 Å². The van der Waals surface area contributed by atoms with E-state index in [-0.39, 0.29) is 5.41 Å². The Morgan fingerprint density at radius 2 is 1.53 bits per heavy atom. The first kappa shape index (κ1) is 22.9. The van der Waals surface area contributed by atoms with E-state index < -0.39 is 0 Å². The van der Waals surface area contributed by atoms with E-state index in [1.807, 2.05) is 11.1 Å². The minimum atomic E-state index is 0.279. The van der Waals surface area contributed by atoms with Gasteiger partial charge in [0, 0.05) is 6.61 Å². The zero-order chi connectivity index (χ0) is 22.2. The summed E-state index contributed by atoms with van der Waals surface area (Å²) < 4.78 is 0. The molecule has 3 saturated carbocycles. The second kappa shape index (κ2) is 7.10. The molecule has 4 aliphatic carbocycles. The van der Waals surface area contributed by atoms with Gasteiger partial charge in [-0.05, 0) is 109 Å². The maximum absolute atomic E-state index is 10.1. The number of hydrogen-bond donors (Lipinski definition) is 1. The van der Waals surface area contributed by atoms with Crippen LogP contribution in [0.1, 0.15) is 120 Å². The van der Waals surface area contributed by atoms with Gasteiger partial charge in [-0.1, -0.05) is 66.5 Å². The van der Waals surface area contributed by atoms with Crippen molar-refractivity contribution in [2.45, 2.75) is 120 Å². The van der Waals surface area contributed by atoms with Crippen LogP contribution in [-0.4, -0.2) is 11.7 Å². The monoisotopic (exact) mass is 414 g/mol. The van der Waals surface area contributed by atoms with Crippen LogP contribution in [0.15, 0.2) is 11.1 Å². The van der Waals surface area contributed by atoms with Crippen LogP contribution < -0.4 is 0 Å². The van der Waals surface area contributed by atoms with Crippen molar-refractivity contribution in [2.24, 2.45) is 44.8 Å². The van der Waals surface area contributed by atoms with E-state index in [4.69, 9.17) is 0 Å². The van der Waals surface area contributed by atoms with Gasteiger partial charge in [-0.15, -0.1) is 0 Å². The predicted molar refractivity (Wildman–Crippen MR) is 128 cm³/mol. The van der Waals surface area contributed by atoms with Crippen molar-refractivity contribution in [3.05, 3.63) is 11.1 Å². The SMILES string of the molecule is CC(C)C1CCC2(C)C(CCC3=C4CC(C)(C)CCC4(C)CCC32C)C1(C)CCO. The van der Waals surface area contributed by atoms with Crippen molar-refractivity contribution >= 4 is 0 Å². The molecule has 30 heavy (non-hydrogen) atoms. The highest BCUT2D eigenvalue weighted by molar-refractivity contribution is 5.37. The molecule has 0 aromatic carbocycles. The smallest absolute Gasteiger partial charge is 0.0436 e. The number of rotatable bonds is 3. The lowest BCUT2D eigenvalue weighted by Crippen LogP contribution is -2.60. The largest absolute Gasteiger partial charge is 0.396 e. The van der Waals surface area contributed by atoms with Gasteiger partial charge in [0.05, 0.1) is 0 Å². The lowest BCUT2D eigenvalue weighted by molar-refractivity contribution is -0.154. The molecule has 1 N–H and O–H groups in total. The molecule has 4 aliphatic rings. The van der Waals surface area contributed by atoms with Gasteiger partial charge in [-0.2, -0.15) is 0 Å². The van der Waals surface area contributed by atoms with Crippen LogP contribution in [0.3, 0.4) is 0 Å². The van der Waals surface area contributed by atoms with Gasteiger partial charge in [0.2, 0.25) is 0 Å². The molecule has 6 unspecified atom stereocenters. The molecule has 172 valence electrons. The minimum Gasteiger partial charge on any atom is -0.396 e. The molecule has 0 aromatic heterocycles. The number of aliphatic hydroxyl groups is 1. The zero-order valence-electron chi connectivity index (χ0n) is 21.5. The van der Waals surface area contributed by atoms with E-state index in [0.29, 0.717) is 34.2 Å². The topological polar surface area (TPSA) is 20.2 Å². The van der Waals surface area contributed by atoms with Crippen LogP contribution >= 0.6 is 0 Å². The summed E-state index contributed by atoms with van der Waals surface area (Å²) in [6.45, 7) is 20.7. The number of aliphatic hydroxyl groups excluding tert-OH is 1. The van der Waals surface area contributed by atoms with Crippen molar-refractivity contribution < 1.29 is 5.11 Å². The molecule has 0 bridgehead atoms. The highest BCUT2D eigenvalue weighted by Gasteiger charge is 2.64. The lowest BCUT2D eigenvalue weighted by Gasteiger charge is -2.68. The average Bonchev–Trinajstić information content (AvgIpc) is 2.64. The quantitative estimate of drug-likeness (QED) is 0.462. The molecule has 6 atom stereocenters. The molecule has 1 nitrogen and oxygen atoms in total. The fraction of sp³-hybridized carbons (Fsp3) is 0.931. The van der Waals surface area contributed by atoms with Crippen molar-refractivity contribution in [2.75, 3.05) is 6.61 Å². The second-order valence-corrected chi connectivity index (χ2v) is 14.1. The Morgan fingerprint density at radius 3 is 2.17 bits per heavy atom. The molecule has 0 aromatic rings. The van der Waals surface area contributed by atoms with Crippen LogP contribution in [0.25, 0.3) is 0 Å². The summed E-state index contributed by atoms with van der Waals surface area (Å²) in [4.78, 5) is 0. The zero-order valence-corrected chi connectivity index (χ0v) is 21.5. The molecule has 4 rings (SSSR count). The minimum absolute atomic E-state index is 0.279. The van der Waals surface area contributed by atoms with Crippen molar-refractivity contribution in [3.8, 4) is 0 Å². The summed E-state index contributed by atoms with van der Waals surface area (Å²) in [5.41, 5.74) is 5.75. The molecular weight excluding hydrogens is 364 g/mol. The van der Waals surface area contributed by atoms with Crippen LogP contribution in [-0.2, 0) is 0 Å². The molecule has 1 heteroatoms. The summed E-state index contributed by atoms with van der Waals surface area (Å²) in [5.74, 6) is 2.21. The van der Waals surface area contributed by atoms with Gasteiger partial charge in [-0.3, -0.25) is 0 Å². The van der Waals surface area contributed by atoms with Gasteiger partial charge in [0.25, 0.3) is 0 Å². The summed E-state index contributed by atoms with van der Waals surface area (Å²) in [6, 6.07) is 0. The van der Waals surface area contributed by atoms with Crippen LogP contribution in [0.4, 0.5) is 0 Å². The Kier molecular flexibility index (Phi) is 5.41. The van der Waals surface area contributed by atoms with E-state index >= 15 is 0 Å². The molecule has 0 radical (unpaired) electrons. The van der Waals surface area contributed by atoms with E-state index in [0.717, 1.165) is 18.3 Å². The Hall–Kier alpha value is -0.300. The summed E-state index contributed by atoms with van der Waals surface area (Å²) in [5, 5.41) is 10.1. The van der Waals surface area contributed by atoms with Crippen molar-refractivity contribution in [3.63, 3.8) is 0 Å². The molecule has 3 fully saturated rings. The van der Waals surface area contributed by atoms with Crippen LogP contribution in [0.2, 0.25) is 0 Å². The second-order valence-electron chi connectivity index (χ2n) is 14.1. The highest BCUT2D eigenvalue weighted by atomic mass is 16.3. The third-order valence-electron chi connectivity index (χ3n) is 11.7. The van der Waals surface area contributed by atoms with Gasteiger partial charge in [0.1, 0.15) is 0 Å². The molecule has 0 aliphatic heterocycles. The molecule has 0 spiro atoms. The van der Waals surface area contributed by atoms with E-state index in [1.54, 1.807) is 0 Å². The van der Waals surface area contributed by atoms with Gasteiger partial charge >= 0.3 is 0 Å². The van der Waals surface area contributed by atoms with E-state index in [9.17, 15) is 5.11 Å².